The van der Waals surface area contributed by atoms with Gasteiger partial charge in [0.1, 0.15) is 30.0 Å². The number of hydrogen-bond acceptors (Lipinski definition) is 5. The van der Waals surface area contributed by atoms with E-state index in [-0.39, 0.29) is 47.3 Å². The molecule has 3 aromatic carbocycles. The van der Waals surface area contributed by atoms with Crippen LogP contribution in [0.1, 0.15) is 23.8 Å². The van der Waals surface area contributed by atoms with Crippen molar-refractivity contribution in [2.75, 3.05) is 11.9 Å². The molecule has 5 aromatic rings. The third-order valence-corrected chi connectivity index (χ3v) is 7.61. The first-order valence-corrected chi connectivity index (χ1v) is 13.2. The minimum Gasteiger partial charge on any atom is -0.345 e. The molecular formula is C29H23ClF2N6O3. The molecule has 0 saturated carbocycles. The Bertz CT molecular complexity index is 1850. The number of aromatic nitrogens is 4. The van der Waals surface area contributed by atoms with Crippen molar-refractivity contribution in [1.29, 1.82) is 0 Å². The number of H-pyrrole nitrogens is 1. The summed E-state index contributed by atoms with van der Waals surface area (Å²) in [6.07, 6.45) is -0.191. The van der Waals surface area contributed by atoms with Crippen LogP contribution in [0.4, 0.5) is 14.5 Å². The molecule has 6 rings (SSSR count). The van der Waals surface area contributed by atoms with E-state index in [1.165, 1.54) is 30.1 Å². The Morgan fingerprint density at radius 2 is 1.90 bits per heavy atom. The van der Waals surface area contributed by atoms with E-state index >= 15 is 4.39 Å². The van der Waals surface area contributed by atoms with Crippen LogP contribution in [-0.4, -0.2) is 61.0 Å². The predicted molar refractivity (Wildman–Crippen MR) is 150 cm³/mol. The molecule has 208 valence electrons. The van der Waals surface area contributed by atoms with Crippen LogP contribution in [0.15, 0.2) is 60.9 Å². The monoisotopic (exact) mass is 576 g/mol. The standard InChI is InChI=1S/C29H23ClF2N6O3/c1-15(39)27-19-5-2-3-8-22(19)38(36-27)13-24(40)37-12-16(31)11-23(37)29(41)35-20-7-4-6-18(26(20)32)17-9-10-21-28(25(17)30)34-14-33-21/h2-10,14,16,23H,11-13H2,1H3,(H,33,34)(H,35,41)/t16-,23+/m1/s1. The molecular weight excluding hydrogens is 554 g/mol. The molecule has 2 amide bonds. The molecule has 12 heteroatoms. The second-order valence-electron chi connectivity index (χ2n) is 9.86. The van der Waals surface area contributed by atoms with Crippen LogP contribution in [0.2, 0.25) is 5.02 Å². The number of imidazole rings is 1. The quantitative estimate of drug-likeness (QED) is 0.271. The molecule has 2 atom stereocenters. The zero-order valence-electron chi connectivity index (χ0n) is 21.7. The molecule has 1 saturated heterocycles. The molecule has 2 N–H and O–H groups in total. The summed E-state index contributed by atoms with van der Waals surface area (Å²) in [6.45, 7) is 0.785. The van der Waals surface area contributed by atoms with Crippen molar-refractivity contribution in [2.45, 2.75) is 32.1 Å². The fourth-order valence-electron chi connectivity index (χ4n) is 5.27. The van der Waals surface area contributed by atoms with E-state index in [0.717, 1.165) is 4.90 Å². The Balaban J connectivity index is 1.24. The highest BCUT2D eigenvalue weighted by atomic mass is 35.5. The Morgan fingerprint density at radius 3 is 2.71 bits per heavy atom. The summed E-state index contributed by atoms with van der Waals surface area (Å²) >= 11 is 6.49. The topological polar surface area (TPSA) is 113 Å². The lowest BCUT2D eigenvalue weighted by atomic mass is 10.0. The van der Waals surface area contributed by atoms with E-state index in [4.69, 9.17) is 11.6 Å². The second kappa shape index (κ2) is 10.4. The van der Waals surface area contributed by atoms with Gasteiger partial charge in [0.05, 0.1) is 34.6 Å². The minimum atomic E-state index is -1.44. The number of carbonyl (C=O) groups excluding carboxylic acids is 3. The molecule has 0 radical (unpaired) electrons. The molecule has 2 aromatic heterocycles. The van der Waals surface area contributed by atoms with Gasteiger partial charge in [-0.25, -0.2) is 13.8 Å². The lowest BCUT2D eigenvalue weighted by molar-refractivity contribution is -0.137. The van der Waals surface area contributed by atoms with Crippen molar-refractivity contribution in [2.24, 2.45) is 0 Å². The maximum atomic E-state index is 15.7. The fraction of sp³-hybridized carbons (Fsp3) is 0.207. The summed E-state index contributed by atoms with van der Waals surface area (Å²) in [6, 6.07) is 13.6. The summed E-state index contributed by atoms with van der Waals surface area (Å²) in [5.41, 5.74) is 2.35. The van der Waals surface area contributed by atoms with Gasteiger partial charge in [-0.2, -0.15) is 5.10 Å². The van der Waals surface area contributed by atoms with Crippen molar-refractivity contribution in [1.82, 2.24) is 24.6 Å². The lowest BCUT2D eigenvalue weighted by Crippen LogP contribution is -2.44. The van der Waals surface area contributed by atoms with Gasteiger partial charge in [0, 0.05) is 29.9 Å². The van der Waals surface area contributed by atoms with Gasteiger partial charge >= 0.3 is 0 Å². The zero-order valence-corrected chi connectivity index (χ0v) is 22.5. The van der Waals surface area contributed by atoms with E-state index < -0.39 is 29.8 Å². The minimum absolute atomic E-state index is 0.135. The number of alkyl halides is 1. The Morgan fingerprint density at radius 1 is 1.10 bits per heavy atom. The number of rotatable bonds is 6. The molecule has 1 aliphatic heterocycles. The van der Waals surface area contributed by atoms with Gasteiger partial charge in [-0.15, -0.1) is 0 Å². The number of aromatic amines is 1. The van der Waals surface area contributed by atoms with Crippen LogP contribution in [0.25, 0.3) is 33.1 Å². The van der Waals surface area contributed by atoms with Crippen LogP contribution in [0.3, 0.4) is 0 Å². The maximum absolute atomic E-state index is 15.7. The number of carbonyl (C=O) groups is 3. The van der Waals surface area contributed by atoms with E-state index in [1.807, 2.05) is 0 Å². The first-order chi connectivity index (χ1) is 19.7. The predicted octanol–water partition coefficient (Wildman–Crippen LogP) is 5.15. The SMILES string of the molecule is CC(=O)c1nn(CC(=O)N2C[C@H](F)C[C@H]2C(=O)Nc2cccc(-c3ccc4[nH]cnc4c3Cl)c2F)c2ccccc12. The summed E-state index contributed by atoms with van der Waals surface area (Å²) in [4.78, 5) is 46.9. The third-order valence-electron chi connectivity index (χ3n) is 7.23. The van der Waals surface area contributed by atoms with Gasteiger partial charge in [0.25, 0.3) is 0 Å². The van der Waals surface area contributed by atoms with E-state index in [9.17, 15) is 18.8 Å². The zero-order chi connectivity index (χ0) is 28.8. The normalized spacial score (nSPS) is 16.9. The molecule has 3 heterocycles. The number of para-hydroxylation sites is 1. The smallest absolute Gasteiger partial charge is 0.247 e. The van der Waals surface area contributed by atoms with Crippen LogP contribution in [0.5, 0.6) is 0 Å². The first kappa shape index (κ1) is 26.6. The van der Waals surface area contributed by atoms with Crippen molar-refractivity contribution in [3.05, 3.63) is 77.5 Å². The highest BCUT2D eigenvalue weighted by Crippen LogP contribution is 2.36. The molecule has 0 spiro atoms. The first-order valence-electron chi connectivity index (χ1n) is 12.8. The number of nitrogens with one attached hydrogen (secondary N) is 2. The van der Waals surface area contributed by atoms with E-state index in [0.29, 0.717) is 27.5 Å². The van der Waals surface area contributed by atoms with Gasteiger partial charge in [-0.05, 0) is 18.2 Å². The number of halogens is 3. The van der Waals surface area contributed by atoms with Gasteiger partial charge in [0.15, 0.2) is 11.6 Å². The van der Waals surface area contributed by atoms with Crippen LogP contribution in [0, 0.1) is 5.82 Å². The van der Waals surface area contributed by atoms with Gasteiger partial charge in [-0.3, -0.25) is 19.1 Å². The highest BCUT2D eigenvalue weighted by Gasteiger charge is 2.40. The van der Waals surface area contributed by atoms with E-state index in [2.05, 4.69) is 20.4 Å². The van der Waals surface area contributed by atoms with Crippen molar-refractivity contribution in [3.63, 3.8) is 0 Å². The summed E-state index contributed by atoms with van der Waals surface area (Å²) in [5, 5.41) is 7.65. The number of nitrogens with zero attached hydrogens (tertiary/aromatic N) is 4. The number of Topliss-reactive ketones (excluding diaryl/α,β-unsaturated/α-hetero) is 1. The maximum Gasteiger partial charge on any atom is 0.247 e. The molecule has 0 unspecified atom stereocenters. The van der Waals surface area contributed by atoms with Crippen LogP contribution < -0.4 is 5.32 Å². The Labute approximate surface area is 237 Å². The van der Waals surface area contributed by atoms with Crippen molar-refractivity contribution >= 4 is 56.8 Å². The number of benzene rings is 3. The van der Waals surface area contributed by atoms with Crippen LogP contribution >= 0.6 is 11.6 Å². The van der Waals surface area contributed by atoms with Gasteiger partial charge in [0.2, 0.25) is 11.8 Å². The number of anilines is 1. The lowest BCUT2D eigenvalue weighted by Gasteiger charge is -2.24. The van der Waals surface area contributed by atoms with Gasteiger partial charge < -0.3 is 15.2 Å². The largest absolute Gasteiger partial charge is 0.345 e. The Kier molecular flexibility index (Phi) is 6.74. The molecule has 1 aliphatic rings. The van der Waals surface area contributed by atoms with Crippen LogP contribution in [-0.2, 0) is 16.1 Å². The second-order valence-corrected chi connectivity index (χ2v) is 10.2. The van der Waals surface area contributed by atoms with Crippen molar-refractivity contribution in [3.8, 4) is 11.1 Å². The number of hydrogen-bond donors (Lipinski definition) is 2. The van der Waals surface area contributed by atoms with Crippen molar-refractivity contribution < 1.29 is 23.2 Å². The molecule has 0 aliphatic carbocycles. The van der Waals surface area contributed by atoms with E-state index in [1.54, 1.807) is 42.5 Å². The molecule has 41 heavy (non-hydrogen) atoms. The molecule has 9 nitrogen and oxygen atoms in total. The summed E-state index contributed by atoms with van der Waals surface area (Å²) in [5.74, 6) is -2.27. The number of ketones is 1. The molecule has 1 fully saturated rings. The molecule has 0 bridgehead atoms. The Hall–Kier alpha value is -4.64. The fourth-order valence-corrected chi connectivity index (χ4v) is 5.59. The average Bonchev–Trinajstić information content (AvgIpc) is 3.68. The number of likely N-dealkylation sites (tertiary alicyclic amines) is 1. The third kappa shape index (κ3) is 4.71. The number of amides is 2. The summed E-state index contributed by atoms with van der Waals surface area (Å²) < 4.78 is 31.6. The number of fused-ring (bicyclic) bond motifs is 2. The summed E-state index contributed by atoms with van der Waals surface area (Å²) in [7, 11) is 0. The highest BCUT2D eigenvalue weighted by molar-refractivity contribution is 6.37. The van der Waals surface area contributed by atoms with Gasteiger partial charge in [-0.1, -0.05) is 48.0 Å². The average molecular weight is 577 g/mol.